The van der Waals surface area contributed by atoms with Crippen LogP contribution in [0.25, 0.3) is 0 Å². The fraction of sp³-hybridized carbons (Fsp3) is 0.667. The second-order valence-electron chi connectivity index (χ2n) is 1.77. The van der Waals surface area contributed by atoms with E-state index in [1.54, 1.807) is 12.2 Å². The van der Waals surface area contributed by atoms with Crippen LogP contribution in [0.4, 0.5) is 0 Å². The first-order valence-corrected chi connectivity index (χ1v) is 2.69. The molecule has 0 fully saturated rings. The van der Waals surface area contributed by atoms with E-state index in [-0.39, 0.29) is 19.1 Å². The van der Waals surface area contributed by atoms with Gasteiger partial charge in [0, 0.05) is 6.61 Å². The van der Waals surface area contributed by atoms with Gasteiger partial charge in [0.15, 0.2) is 0 Å². The van der Waals surface area contributed by atoms with Gasteiger partial charge in [-0.25, -0.2) is 0 Å². The predicted molar refractivity (Wildman–Crippen MR) is 32.5 cm³/mol. The molecular formula is C6H12O2. The van der Waals surface area contributed by atoms with E-state index >= 15 is 0 Å². The summed E-state index contributed by atoms with van der Waals surface area (Å²) in [4.78, 5) is 0. The molecule has 2 heteroatoms. The summed E-state index contributed by atoms with van der Waals surface area (Å²) in [6.07, 6.45) is 3.40. The highest BCUT2D eigenvalue weighted by Gasteiger charge is 1.88. The first kappa shape index (κ1) is 7.66. The topological polar surface area (TPSA) is 40.5 Å². The van der Waals surface area contributed by atoms with Crippen molar-refractivity contribution in [2.45, 2.75) is 6.92 Å². The Labute approximate surface area is 49.5 Å². The van der Waals surface area contributed by atoms with Crippen LogP contribution in [0.5, 0.6) is 0 Å². The number of aliphatic hydroxyl groups excluding tert-OH is 2. The lowest BCUT2D eigenvalue weighted by Crippen LogP contribution is -1.95. The van der Waals surface area contributed by atoms with Crippen LogP contribution in [-0.4, -0.2) is 23.4 Å². The second kappa shape index (κ2) is 4.81. The molecule has 0 aliphatic carbocycles. The van der Waals surface area contributed by atoms with E-state index in [0.717, 1.165) is 0 Å². The fourth-order valence-electron chi connectivity index (χ4n) is 0.354. The maximum absolute atomic E-state index is 8.43. The van der Waals surface area contributed by atoms with Gasteiger partial charge in [0.25, 0.3) is 0 Å². The maximum Gasteiger partial charge on any atom is 0.0612 e. The quantitative estimate of drug-likeness (QED) is 0.516. The van der Waals surface area contributed by atoms with Crippen molar-refractivity contribution in [3.63, 3.8) is 0 Å². The number of rotatable bonds is 3. The zero-order chi connectivity index (χ0) is 6.41. The largest absolute Gasteiger partial charge is 0.396 e. The maximum atomic E-state index is 8.43. The minimum atomic E-state index is 0.0599. The summed E-state index contributed by atoms with van der Waals surface area (Å²) in [7, 11) is 0. The zero-order valence-corrected chi connectivity index (χ0v) is 5.04. The summed E-state index contributed by atoms with van der Waals surface area (Å²) >= 11 is 0. The molecule has 0 aromatic rings. The zero-order valence-electron chi connectivity index (χ0n) is 5.04. The lowest BCUT2D eigenvalue weighted by Gasteiger charge is -1.95. The molecule has 1 atom stereocenters. The molecule has 2 nitrogen and oxygen atoms in total. The van der Waals surface area contributed by atoms with Crippen LogP contribution in [-0.2, 0) is 0 Å². The molecule has 1 unspecified atom stereocenters. The molecule has 0 aliphatic rings. The van der Waals surface area contributed by atoms with Crippen LogP contribution in [0.3, 0.4) is 0 Å². The van der Waals surface area contributed by atoms with Crippen molar-refractivity contribution < 1.29 is 10.2 Å². The minimum absolute atomic E-state index is 0.0599. The highest BCUT2D eigenvalue weighted by Crippen LogP contribution is 1.92. The van der Waals surface area contributed by atoms with Crippen molar-refractivity contribution in [2.75, 3.05) is 13.2 Å². The van der Waals surface area contributed by atoms with E-state index < -0.39 is 0 Å². The molecule has 0 spiro atoms. The monoisotopic (exact) mass is 116 g/mol. The van der Waals surface area contributed by atoms with Gasteiger partial charge in [-0.05, 0) is 5.92 Å². The first-order valence-electron chi connectivity index (χ1n) is 2.69. The summed E-state index contributed by atoms with van der Waals surface area (Å²) in [5.74, 6) is 0.169. The normalized spacial score (nSPS) is 14.9. The third-order valence-corrected chi connectivity index (χ3v) is 0.858. The SMILES string of the molecule is CC(C=CCO)CO. The van der Waals surface area contributed by atoms with Crippen molar-refractivity contribution >= 4 is 0 Å². The Hall–Kier alpha value is -0.340. The minimum Gasteiger partial charge on any atom is -0.396 e. The van der Waals surface area contributed by atoms with Gasteiger partial charge >= 0.3 is 0 Å². The summed E-state index contributed by atoms with van der Waals surface area (Å²) in [5, 5.41) is 16.7. The third-order valence-electron chi connectivity index (χ3n) is 0.858. The molecule has 0 aliphatic heterocycles. The van der Waals surface area contributed by atoms with Crippen LogP contribution in [0.2, 0.25) is 0 Å². The highest BCUT2D eigenvalue weighted by atomic mass is 16.3. The molecule has 0 aromatic heterocycles. The standard InChI is InChI=1S/C6H12O2/c1-6(5-8)3-2-4-7/h2-3,6-8H,4-5H2,1H3. The van der Waals surface area contributed by atoms with Gasteiger partial charge < -0.3 is 10.2 Å². The number of aliphatic hydroxyl groups is 2. The van der Waals surface area contributed by atoms with Crippen LogP contribution in [0.15, 0.2) is 12.2 Å². The van der Waals surface area contributed by atoms with Crippen molar-refractivity contribution in [2.24, 2.45) is 5.92 Å². The molecule has 0 bridgehead atoms. The van der Waals surface area contributed by atoms with Gasteiger partial charge in [0.1, 0.15) is 0 Å². The lowest BCUT2D eigenvalue weighted by molar-refractivity contribution is 0.261. The molecule has 2 N–H and O–H groups in total. The van der Waals surface area contributed by atoms with Crippen molar-refractivity contribution in [1.82, 2.24) is 0 Å². The van der Waals surface area contributed by atoms with Crippen LogP contribution < -0.4 is 0 Å². The fourth-order valence-corrected chi connectivity index (χ4v) is 0.354. The van der Waals surface area contributed by atoms with Gasteiger partial charge in [-0.3, -0.25) is 0 Å². The molecule has 0 saturated heterocycles. The Bertz CT molecular complexity index is 68.9. The van der Waals surface area contributed by atoms with Crippen molar-refractivity contribution in [1.29, 1.82) is 0 Å². The second-order valence-corrected chi connectivity index (χ2v) is 1.77. The first-order chi connectivity index (χ1) is 3.81. The van der Waals surface area contributed by atoms with Gasteiger partial charge in [0.05, 0.1) is 6.61 Å². The summed E-state index contributed by atoms with van der Waals surface area (Å²) in [6.45, 7) is 2.09. The molecule has 0 heterocycles. The number of hydrogen-bond acceptors (Lipinski definition) is 2. The molecule has 0 saturated carbocycles. The van der Waals surface area contributed by atoms with Gasteiger partial charge in [-0.1, -0.05) is 19.1 Å². The molecule has 0 radical (unpaired) electrons. The van der Waals surface area contributed by atoms with Gasteiger partial charge in [0.2, 0.25) is 0 Å². The third kappa shape index (κ3) is 3.84. The molecule has 48 valence electrons. The van der Waals surface area contributed by atoms with Crippen LogP contribution >= 0.6 is 0 Å². The smallest absolute Gasteiger partial charge is 0.0612 e. The van der Waals surface area contributed by atoms with E-state index in [4.69, 9.17) is 10.2 Å². The Kier molecular flexibility index (Phi) is 4.61. The summed E-state index contributed by atoms with van der Waals surface area (Å²) < 4.78 is 0. The average Bonchev–Trinajstić information content (AvgIpc) is 1.83. The van der Waals surface area contributed by atoms with E-state index in [9.17, 15) is 0 Å². The Balaban J connectivity index is 3.21. The number of hydrogen-bond donors (Lipinski definition) is 2. The molecule has 8 heavy (non-hydrogen) atoms. The molecular weight excluding hydrogens is 104 g/mol. The highest BCUT2D eigenvalue weighted by molar-refractivity contribution is 4.85. The Morgan fingerprint density at radius 2 is 2.12 bits per heavy atom. The van der Waals surface area contributed by atoms with Crippen molar-refractivity contribution in [3.05, 3.63) is 12.2 Å². The Morgan fingerprint density at radius 3 is 2.50 bits per heavy atom. The molecule has 0 aromatic carbocycles. The van der Waals surface area contributed by atoms with Crippen molar-refractivity contribution in [3.8, 4) is 0 Å². The summed E-state index contributed by atoms with van der Waals surface area (Å²) in [6, 6.07) is 0. The van der Waals surface area contributed by atoms with E-state index in [1.165, 1.54) is 0 Å². The lowest BCUT2D eigenvalue weighted by atomic mass is 10.2. The van der Waals surface area contributed by atoms with Crippen LogP contribution in [0.1, 0.15) is 6.92 Å². The van der Waals surface area contributed by atoms with Gasteiger partial charge in [-0.2, -0.15) is 0 Å². The molecule has 0 amide bonds. The summed E-state index contributed by atoms with van der Waals surface area (Å²) in [5.41, 5.74) is 0. The van der Waals surface area contributed by atoms with E-state index in [2.05, 4.69) is 0 Å². The van der Waals surface area contributed by atoms with E-state index in [1.807, 2.05) is 6.92 Å². The average molecular weight is 116 g/mol. The predicted octanol–water partition coefficient (Wildman–Crippen LogP) is 0.163. The van der Waals surface area contributed by atoms with Crippen LogP contribution in [0, 0.1) is 5.92 Å². The van der Waals surface area contributed by atoms with Gasteiger partial charge in [-0.15, -0.1) is 0 Å². The van der Waals surface area contributed by atoms with E-state index in [0.29, 0.717) is 0 Å². The Morgan fingerprint density at radius 1 is 1.50 bits per heavy atom. The molecule has 0 rings (SSSR count).